The molecule has 1 heteroatoms. The van der Waals surface area contributed by atoms with Gasteiger partial charge in [-0.15, -0.1) is 0 Å². The third-order valence-electron chi connectivity index (χ3n) is 3.33. The first kappa shape index (κ1) is 9.45. The smallest absolute Gasteiger partial charge is 0.166 e. The van der Waals surface area contributed by atoms with Crippen molar-refractivity contribution in [3.8, 4) is 0 Å². The van der Waals surface area contributed by atoms with E-state index in [1.165, 1.54) is 5.56 Å². The quantitative estimate of drug-likeness (QED) is 0.695. The van der Waals surface area contributed by atoms with Crippen LogP contribution < -0.4 is 0 Å². The molecular weight excluding hydrogens is 172 g/mol. The predicted molar refractivity (Wildman–Crippen MR) is 57.6 cm³/mol. The van der Waals surface area contributed by atoms with Crippen molar-refractivity contribution in [2.45, 2.75) is 32.6 Å². The summed E-state index contributed by atoms with van der Waals surface area (Å²) in [6, 6.07) is 8.07. The molecule has 0 radical (unpaired) electrons. The molecule has 1 aliphatic rings. The Bertz CT molecular complexity index is 354. The van der Waals surface area contributed by atoms with Crippen molar-refractivity contribution in [3.63, 3.8) is 0 Å². The number of carbonyl (C=O) groups excluding carboxylic acids is 1. The molecule has 0 aromatic heterocycles. The molecule has 1 nitrogen and oxygen atoms in total. The second kappa shape index (κ2) is 3.56. The van der Waals surface area contributed by atoms with Gasteiger partial charge >= 0.3 is 0 Å². The molecule has 1 aromatic carbocycles. The molecule has 0 saturated heterocycles. The van der Waals surface area contributed by atoms with Crippen LogP contribution in [0.2, 0.25) is 0 Å². The largest absolute Gasteiger partial charge is 0.294 e. The summed E-state index contributed by atoms with van der Waals surface area (Å²) in [6.45, 7) is 4.28. The molecule has 0 aliphatic heterocycles. The average Bonchev–Trinajstić information content (AvgIpc) is 2.51. The van der Waals surface area contributed by atoms with E-state index in [-0.39, 0.29) is 5.92 Å². The summed E-state index contributed by atoms with van der Waals surface area (Å²) >= 11 is 0. The highest BCUT2D eigenvalue weighted by Gasteiger charge is 2.36. The van der Waals surface area contributed by atoms with Crippen LogP contribution in [-0.4, -0.2) is 5.78 Å². The van der Waals surface area contributed by atoms with Crippen molar-refractivity contribution < 1.29 is 4.79 Å². The molecule has 0 fully saturated rings. The maximum atomic E-state index is 12.0. The zero-order valence-corrected chi connectivity index (χ0v) is 8.79. The monoisotopic (exact) mass is 188 g/mol. The average molecular weight is 188 g/mol. The lowest BCUT2D eigenvalue weighted by Crippen LogP contribution is -2.11. The van der Waals surface area contributed by atoms with E-state index in [4.69, 9.17) is 0 Å². The number of ketones is 1. The molecule has 0 N–H and O–H groups in total. The number of fused-ring (bicyclic) bond motifs is 1. The summed E-state index contributed by atoms with van der Waals surface area (Å²) in [7, 11) is 0. The van der Waals surface area contributed by atoms with Crippen LogP contribution in [0.25, 0.3) is 0 Å². The highest BCUT2D eigenvalue weighted by atomic mass is 16.1. The van der Waals surface area contributed by atoms with Crippen molar-refractivity contribution in [3.05, 3.63) is 35.4 Å². The van der Waals surface area contributed by atoms with Crippen LogP contribution in [0.1, 0.15) is 48.5 Å². The zero-order chi connectivity index (χ0) is 10.1. The van der Waals surface area contributed by atoms with Gasteiger partial charge in [-0.05, 0) is 24.3 Å². The van der Waals surface area contributed by atoms with Crippen molar-refractivity contribution in [2.24, 2.45) is 5.92 Å². The number of hydrogen-bond donors (Lipinski definition) is 0. The Morgan fingerprint density at radius 2 is 1.71 bits per heavy atom. The minimum absolute atomic E-state index is 0.234. The lowest BCUT2D eigenvalue weighted by molar-refractivity contribution is 0.0918. The molecule has 0 bridgehead atoms. The Kier molecular flexibility index (Phi) is 2.40. The molecule has 14 heavy (non-hydrogen) atoms. The van der Waals surface area contributed by atoms with Gasteiger partial charge < -0.3 is 0 Å². The normalized spacial score (nSPS) is 25.1. The van der Waals surface area contributed by atoms with E-state index < -0.39 is 0 Å². The highest BCUT2D eigenvalue weighted by Crippen LogP contribution is 2.41. The molecular formula is C13H16O. The Balaban J connectivity index is 2.48. The SMILES string of the molecule is CCC1C(=O)c2ccccc2C1CC. The molecule has 2 rings (SSSR count). The molecule has 2 atom stereocenters. The van der Waals surface area contributed by atoms with Crippen LogP contribution in [0.15, 0.2) is 24.3 Å². The fourth-order valence-corrected chi connectivity index (χ4v) is 2.62. The van der Waals surface area contributed by atoms with Crippen LogP contribution in [-0.2, 0) is 0 Å². The molecule has 1 aromatic rings. The molecule has 74 valence electrons. The summed E-state index contributed by atoms with van der Waals surface area (Å²) in [5, 5.41) is 0. The number of Topliss-reactive ketones (excluding diaryl/α,β-unsaturated/α-hetero) is 1. The van der Waals surface area contributed by atoms with Gasteiger partial charge in [-0.25, -0.2) is 0 Å². The minimum Gasteiger partial charge on any atom is -0.294 e. The third kappa shape index (κ3) is 1.19. The molecule has 0 heterocycles. The van der Waals surface area contributed by atoms with Gasteiger partial charge in [-0.3, -0.25) is 4.79 Å². The van der Waals surface area contributed by atoms with Crippen LogP contribution in [0.5, 0.6) is 0 Å². The topological polar surface area (TPSA) is 17.1 Å². The van der Waals surface area contributed by atoms with Gasteiger partial charge in [0, 0.05) is 11.5 Å². The van der Waals surface area contributed by atoms with Gasteiger partial charge in [-0.1, -0.05) is 38.1 Å². The minimum atomic E-state index is 0.234. The Morgan fingerprint density at radius 3 is 2.36 bits per heavy atom. The van der Waals surface area contributed by atoms with E-state index in [1.54, 1.807) is 0 Å². The van der Waals surface area contributed by atoms with E-state index in [0.29, 0.717) is 11.7 Å². The number of rotatable bonds is 2. The standard InChI is InChI=1S/C13H16O/c1-3-9-10(4-2)13(14)12-8-6-5-7-11(9)12/h5-10H,3-4H2,1-2H3. The molecule has 0 spiro atoms. The summed E-state index contributed by atoms with van der Waals surface area (Å²) < 4.78 is 0. The van der Waals surface area contributed by atoms with Crippen molar-refractivity contribution in [2.75, 3.05) is 0 Å². The van der Waals surface area contributed by atoms with E-state index in [9.17, 15) is 4.79 Å². The predicted octanol–water partition coefficient (Wildman–Crippen LogP) is 3.40. The van der Waals surface area contributed by atoms with Gasteiger partial charge in [0.1, 0.15) is 0 Å². The van der Waals surface area contributed by atoms with E-state index in [2.05, 4.69) is 19.9 Å². The number of carbonyl (C=O) groups is 1. The fraction of sp³-hybridized carbons (Fsp3) is 0.462. The van der Waals surface area contributed by atoms with Crippen molar-refractivity contribution >= 4 is 5.78 Å². The van der Waals surface area contributed by atoms with Crippen LogP contribution in [0.4, 0.5) is 0 Å². The second-order valence-corrected chi connectivity index (χ2v) is 3.98. The maximum absolute atomic E-state index is 12.0. The summed E-state index contributed by atoms with van der Waals surface area (Å²) in [6.07, 6.45) is 2.04. The van der Waals surface area contributed by atoms with Crippen LogP contribution in [0, 0.1) is 5.92 Å². The Morgan fingerprint density at radius 1 is 1.07 bits per heavy atom. The number of benzene rings is 1. The lowest BCUT2D eigenvalue weighted by Gasteiger charge is -2.14. The van der Waals surface area contributed by atoms with E-state index in [0.717, 1.165) is 18.4 Å². The Hall–Kier alpha value is -1.11. The molecule has 0 saturated carbocycles. The first-order valence-corrected chi connectivity index (χ1v) is 5.42. The summed E-state index contributed by atoms with van der Waals surface area (Å²) in [5.41, 5.74) is 2.23. The molecule has 1 aliphatic carbocycles. The first-order valence-electron chi connectivity index (χ1n) is 5.42. The van der Waals surface area contributed by atoms with Crippen LogP contribution >= 0.6 is 0 Å². The maximum Gasteiger partial charge on any atom is 0.166 e. The van der Waals surface area contributed by atoms with Gasteiger partial charge in [0.05, 0.1) is 0 Å². The van der Waals surface area contributed by atoms with Gasteiger partial charge in [0.2, 0.25) is 0 Å². The van der Waals surface area contributed by atoms with E-state index >= 15 is 0 Å². The Labute approximate surface area is 85.1 Å². The molecule has 0 amide bonds. The first-order chi connectivity index (χ1) is 6.79. The third-order valence-corrected chi connectivity index (χ3v) is 3.33. The lowest BCUT2D eigenvalue weighted by atomic mass is 9.88. The van der Waals surface area contributed by atoms with E-state index in [1.807, 2.05) is 18.2 Å². The van der Waals surface area contributed by atoms with Crippen molar-refractivity contribution in [1.82, 2.24) is 0 Å². The summed E-state index contributed by atoms with van der Waals surface area (Å²) in [4.78, 5) is 12.0. The highest BCUT2D eigenvalue weighted by molar-refractivity contribution is 6.03. The van der Waals surface area contributed by atoms with Crippen molar-refractivity contribution in [1.29, 1.82) is 0 Å². The van der Waals surface area contributed by atoms with Gasteiger partial charge in [0.25, 0.3) is 0 Å². The molecule has 2 unspecified atom stereocenters. The zero-order valence-electron chi connectivity index (χ0n) is 8.79. The van der Waals surface area contributed by atoms with Gasteiger partial charge in [-0.2, -0.15) is 0 Å². The van der Waals surface area contributed by atoms with Crippen LogP contribution in [0.3, 0.4) is 0 Å². The number of hydrogen-bond acceptors (Lipinski definition) is 1. The summed E-state index contributed by atoms with van der Waals surface area (Å²) in [5.74, 6) is 1.05. The fourth-order valence-electron chi connectivity index (χ4n) is 2.62. The van der Waals surface area contributed by atoms with Gasteiger partial charge in [0.15, 0.2) is 5.78 Å². The second-order valence-electron chi connectivity index (χ2n) is 3.98.